The second-order valence-electron chi connectivity index (χ2n) is 4.14. The molecule has 0 saturated carbocycles. The van der Waals surface area contributed by atoms with Gasteiger partial charge in [-0.3, -0.25) is 4.79 Å². The molecule has 1 aliphatic rings. The maximum Gasteiger partial charge on any atom is 0.322 e. The minimum atomic E-state index is -0.448. The largest absolute Gasteiger partial charge is 0.468 e. The normalized spacial score (nSPS) is 25.8. The van der Waals surface area contributed by atoms with Crippen molar-refractivity contribution in [3.63, 3.8) is 0 Å². The van der Waals surface area contributed by atoms with Crippen LogP contribution < -0.4 is 5.73 Å². The highest BCUT2D eigenvalue weighted by Gasteiger charge is 2.23. The van der Waals surface area contributed by atoms with Crippen LogP contribution in [0.4, 0.5) is 0 Å². The molecule has 4 heteroatoms. The smallest absolute Gasteiger partial charge is 0.322 e. The number of likely N-dealkylation sites (tertiary alicyclic amines) is 1. The van der Waals surface area contributed by atoms with Gasteiger partial charge in [-0.25, -0.2) is 0 Å². The van der Waals surface area contributed by atoms with E-state index in [0.717, 1.165) is 19.5 Å². The highest BCUT2D eigenvalue weighted by Crippen LogP contribution is 2.19. The molecule has 0 spiro atoms. The zero-order chi connectivity index (χ0) is 10.6. The number of esters is 1. The van der Waals surface area contributed by atoms with Crippen LogP contribution in [-0.2, 0) is 9.53 Å². The molecule has 0 aromatic carbocycles. The van der Waals surface area contributed by atoms with Gasteiger partial charge in [0.05, 0.1) is 7.11 Å². The van der Waals surface area contributed by atoms with E-state index in [2.05, 4.69) is 16.7 Å². The Bertz CT molecular complexity index is 197. The Morgan fingerprint density at radius 1 is 1.71 bits per heavy atom. The molecule has 1 aliphatic heterocycles. The van der Waals surface area contributed by atoms with Crippen molar-refractivity contribution in [3.05, 3.63) is 0 Å². The average molecular weight is 200 g/mol. The summed E-state index contributed by atoms with van der Waals surface area (Å²) in [6.07, 6.45) is 3.13. The third-order valence-corrected chi connectivity index (χ3v) is 2.81. The monoisotopic (exact) mass is 200 g/mol. The Balaban J connectivity index is 2.32. The summed E-state index contributed by atoms with van der Waals surface area (Å²) >= 11 is 0. The van der Waals surface area contributed by atoms with Crippen molar-refractivity contribution in [2.24, 2.45) is 11.7 Å². The fourth-order valence-electron chi connectivity index (χ4n) is 2.07. The van der Waals surface area contributed by atoms with Crippen LogP contribution in [0.5, 0.6) is 0 Å². The van der Waals surface area contributed by atoms with Crippen LogP contribution in [0.3, 0.4) is 0 Å². The lowest BCUT2D eigenvalue weighted by atomic mass is 9.92. The topological polar surface area (TPSA) is 55.6 Å². The van der Waals surface area contributed by atoms with Crippen molar-refractivity contribution in [2.75, 3.05) is 27.2 Å². The summed E-state index contributed by atoms with van der Waals surface area (Å²) in [5.74, 6) is 0.251. The minimum absolute atomic E-state index is 0.293. The number of methoxy groups -OCH3 is 1. The summed E-state index contributed by atoms with van der Waals surface area (Å²) in [4.78, 5) is 13.4. The molecular weight excluding hydrogens is 180 g/mol. The number of carbonyl (C=O) groups is 1. The maximum atomic E-state index is 11.1. The molecule has 2 unspecified atom stereocenters. The Morgan fingerprint density at radius 2 is 2.43 bits per heavy atom. The van der Waals surface area contributed by atoms with Gasteiger partial charge in [-0.1, -0.05) is 0 Å². The molecule has 2 atom stereocenters. The minimum Gasteiger partial charge on any atom is -0.468 e. The predicted octanol–water partition coefficient (Wildman–Crippen LogP) is 0.219. The molecule has 0 amide bonds. The van der Waals surface area contributed by atoms with E-state index in [1.54, 1.807) is 0 Å². The van der Waals surface area contributed by atoms with E-state index in [-0.39, 0.29) is 5.97 Å². The first-order chi connectivity index (χ1) is 6.63. The van der Waals surface area contributed by atoms with Gasteiger partial charge in [0, 0.05) is 6.54 Å². The lowest BCUT2D eigenvalue weighted by Gasteiger charge is -2.30. The molecule has 4 nitrogen and oxygen atoms in total. The number of hydrogen-bond donors (Lipinski definition) is 1. The van der Waals surface area contributed by atoms with Crippen molar-refractivity contribution in [1.82, 2.24) is 4.90 Å². The molecule has 0 radical (unpaired) electrons. The molecule has 1 fully saturated rings. The van der Waals surface area contributed by atoms with Crippen LogP contribution in [0.1, 0.15) is 19.3 Å². The quantitative estimate of drug-likeness (QED) is 0.662. The van der Waals surface area contributed by atoms with Crippen LogP contribution >= 0.6 is 0 Å². The van der Waals surface area contributed by atoms with Gasteiger partial charge in [0.1, 0.15) is 6.04 Å². The number of nitrogens with two attached hydrogens (primary N) is 1. The number of ether oxygens (including phenoxy) is 1. The van der Waals surface area contributed by atoms with E-state index in [1.165, 1.54) is 20.0 Å². The standard InChI is InChI=1S/C10H20N2O2/c1-12-5-3-4-8(7-12)6-9(11)10(13)14-2/h8-9H,3-7,11H2,1-2H3. The van der Waals surface area contributed by atoms with E-state index >= 15 is 0 Å². The average Bonchev–Trinajstić information content (AvgIpc) is 2.16. The van der Waals surface area contributed by atoms with Crippen LogP contribution in [0.15, 0.2) is 0 Å². The summed E-state index contributed by atoms with van der Waals surface area (Å²) in [7, 11) is 3.49. The zero-order valence-electron chi connectivity index (χ0n) is 9.03. The van der Waals surface area contributed by atoms with Gasteiger partial charge < -0.3 is 15.4 Å². The summed E-state index contributed by atoms with van der Waals surface area (Å²) in [5.41, 5.74) is 5.71. The lowest BCUT2D eigenvalue weighted by molar-refractivity contribution is -0.142. The van der Waals surface area contributed by atoms with E-state index in [4.69, 9.17) is 5.73 Å². The lowest BCUT2D eigenvalue weighted by Crippen LogP contribution is -2.39. The zero-order valence-corrected chi connectivity index (χ0v) is 9.03. The molecule has 14 heavy (non-hydrogen) atoms. The highest BCUT2D eigenvalue weighted by atomic mass is 16.5. The Morgan fingerprint density at radius 3 is 3.00 bits per heavy atom. The molecular formula is C10H20N2O2. The van der Waals surface area contributed by atoms with Crippen LogP contribution in [0.2, 0.25) is 0 Å². The Labute approximate surface area is 85.4 Å². The fourth-order valence-corrected chi connectivity index (χ4v) is 2.07. The second-order valence-corrected chi connectivity index (χ2v) is 4.14. The van der Waals surface area contributed by atoms with Gasteiger partial charge in [-0.2, -0.15) is 0 Å². The van der Waals surface area contributed by atoms with Gasteiger partial charge in [0.15, 0.2) is 0 Å². The summed E-state index contributed by atoms with van der Waals surface area (Å²) in [5, 5.41) is 0. The van der Waals surface area contributed by atoms with Crippen LogP contribution in [0, 0.1) is 5.92 Å². The van der Waals surface area contributed by atoms with Crippen molar-refractivity contribution >= 4 is 5.97 Å². The predicted molar refractivity (Wildman–Crippen MR) is 54.8 cm³/mol. The van der Waals surface area contributed by atoms with Crippen LogP contribution in [-0.4, -0.2) is 44.2 Å². The summed E-state index contributed by atoms with van der Waals surface area (Å²) in [6.45, 7) is 2.20. The fraction of sp³-hybridized carbons (Fsp3) is 0.900. The number of hydrogen-bond acceptors (Lipinski definition) is 4. The molecule has 1 heterocycles. The van der Waals surface area contributed by atoms with Crippen LogP contribution in [0.25, 0.3) is 0 Å². The molecule has 0 aliphatic carbocycles. The molecule has 0 bridgehead atoms. The summed E-state index contributed by atoms with van der Waals surface area (Å²) < 4.78 is 4.60. The Hall–Kier alpha value is -0.610. The second kappa shape index (κ2) is 5.32. The van der Waals surface area contributed by atoms with Crippen molar-refractivity contribution < 1.29 is 9.53 Å². The maximum absolute atomic E-state index is 11.1. The van der Waals surface area contributed by atoms with E-state index in [1.807, 2.05) is 0 Å². The van der Waals surface area contributed by atoms with Gasteiger partial charge in [-0.05, 0) is 38.8 Å². The molecule has 0 aromatic rings. The van der Waals surface area contributed by atoms with Gasteiger partial charge >= 0.3 is 5.97 Å². The van der Waals surface area contributed by atoms with E-state index < -0.39 is 6.04 Å². The van der Waals surface area contributed by atoms with Gasteiger partial charge in [-0.15, -0.1) is 0 Å². The number of piperidine rings is 1. The highest BCUT2D eigenvalue weighted by molar-refractivity contribution is 5.75. The van der Waals surface area contributed by atoms with Gasteiger partial charge in [0.2, 0.25) is 0 Å². The molecule has 0 aromatic heterocycles. The third-order valence-electron chi connectivity index (χ3n) is 2.81. The van der Waals surface area contributed by atoms with Crippen molar-refractivity contribution in [2.45, 2.75) is 25.3 Å². The molecule has 1 saturated heterocycles. The molecule has 1 rings (SSSR count). The van der Waals surface area contributed by atoms with Gasteiger partial charge in [0.25, 0.3) is 0 Å². The van der Waals surface area contributed by atoms with E-state index in [0.29, 0.717) is 5.92 Å². The first-order valence-corrected chi connectivity index (χ1v) is 5.15. The number of nitrogens with zero attached hydrogens (tertiary/aromatic N) is 1. The SMILES string of the molecule is COC(=O)C(N)CC1CCCN(C)C1. The molecule has 2 N–H and O–H groups in total. The molecule has 82 valence electrons. The number of carbonyl (C=O) groups excluding carboxylic acids is 1. The van der Waals surface area contributed by atoms with E-state index in [9.17, 15) is 4.79 Å². The van der Waals surface area contributed by atoms with Crippen molar-refractivity contribution in [3.8, 4) is 0 Å². The first kappa shape index (κ1) is 11.5. The third kappa shape index (κ3) is 3.27. The van der Waals surface area contributed by atoms with Crippen molar-refractivity contribution in [1.29, 1.82) is 0 Å². The number of rotatable bonds is 3. The summed E-state index contributed by atoms with van der Waals surface area (Å²) in [6, 6.07) is -0.448. The first-order valence-electron chi connectivity index (χ1n) is 5.15. The Kier molecular flexibility index (Phi) is 4.35.